The first-order valence-corrected chi connectivity index (χ1v) is 7.66. The van der Waals surface area contributed by atoms with Gasteiger partial charge in [-0.05, 0) is 12.8 Å². The molecule has 2 aromatic heterocycles. The molecule has 1 aliphatic carbocycles. The quantitative estimate of drug-likeness (QED) is 0.781. The maximum Gasteiger partial charge on any atom is 0.333 e. The zero-order valence-electron chi connectivity index (χ0n) is 13.0. The summed E-state index contributed by atoms with van der Waals surface area (Å²) in [6.45, 7) is -0.0224. The number of hydrogen-bond acceptors (Lipinski definition) is 3. The number of rotatable bonds is 2. The van der Waals surface area contributed by atoms with Crippen molar-refractivity contribution in [1.29, 1.82) is 0 Å². The van der Waals surface area contributed by atoms with Crippen molar-refractivity contribution in [3.63, 3.8) is 0 Å². The van der Waals surface area contributed by atoms with Crippen molar-refractivity contribution in [2.24, 2.45) is 14.1 Å². The van der Waals surface area contributed by atoms with Crippen molar-refractivity contribution in [3.8, 4) is 12.3 Å². The van der Waals surface area contributed by atoms with Gasteiger partial charge in [-0.25, -0.2) is 14.3 Å². The lowest BCUT2D eigenvalue weighted by Gasteiger charge is -2.20. The fourth-order valence-corrected chi connectivity index (χ4v) is 3.42. The van der Waals surface area contributed by atoms with Gasteiger partial charge in [-0.3, -0.25) is 9.36 Å². The maximum atomic E-state index is 12.6. The third-order valence-electron chi connectivity index (χ3n) is 4.61. The second-order valence-corrected chi connectivity index (χ2v) is 5.97. The van der Waals surface area contributed by atoms with E-state index in [2.05, 4.69) is 10.9 Å². The molecule has 0 bridgehead atoms. The van der Waals surface area contributed by atoms with E-state index in [9.17, 15) is 9.59 Å². The molecule has 1 saturated carbocycles. The monoisotopic (exact) mass is 300 g/mol. The van der Waals surface area contributed by atoms with Gasteiger partial charge in [0.2, 0.25) is 0 Å². The molecule has 0 amide bonds. The summed E-state index contributed by atoms with van der Waals surface area (Å²) in [6, 6.07) is 0. The average Bonchev–Trinajstić information content (AvgIpc) is 2.88. The smallest absolute Gasteiger partial charge is 0.325 e. The van der Waals surface area contributed by atoms with Crippen molar-refractivity contribution in [2.45, 2.75) is 44.6 Å². The number of imidazole rings is 1. The van der Waals surface area contributed by atoms with Crippen LogP contribution in [0.25, 0.3) is 11.2 Å². The molecular weight excluding hydrogens is 280 g/mol. The molecule has 0 radical (unpaired) electrons. The zero-order chi connectivity index (χ0) is 15.9. The van der Waals surface area contributed by atoms with E-state index in [0.29, 0.717) is 17.1 Å². The Balaban J connectivity index is 2.28. The number of hydrogen-bond donors (Lipinski definition) is 0. The molecule has 22 heavy (non-hydrogen) atoms. The van der Waals surface area contributed by atoms with E-state index in [-0.39, 0.29) is 12.1 Å². The van der Waals surface area contributed by atoms with Gasteiger partial charge >= 0.3 is 5.69 Å². The van der Waals surface area contributed by atoms with Crippen LogP contribution in [-0.4, -0.2) is 18.7 Å². The van der Waals surface area contributed by atoms with E-state index in [0.717, 1.165) is 23.2 Å². The number of aryl methyl sites for hydroxylation is 2. The van der Waals surface area contributed by atoms with Gasteiger partial charge in [0, 0.05) is 20.0 Å². The van der Waals surface area contributed by atoms with E-state index in [1.807, 2.05) is 11.6 Å². The first-order valence-electron chi connectivity index (χ1n) is 7.66. The standard InChI is InChI=1S/C16H20N4O2/c1-4-10-20-15(21)12-14(19(3)16(20)22)17-13(18(12)2)11-8-6-5-7-9-11/h1,11H,5-10H2,2-3H3. The van der Waals surface area contributed by atoms with Crippen molar-refractivity contribution >= 4 is 11.2 Å². The van der Waals surface area contributed by atoms with Gasteiger partial charge in [-0.15, -0.1) is 6.42 Å². The molecule has 0 N–H and O–H groups in total. The molecule has 6 nitrogen and oxygen atoms in total. The molecular formula is C16H20N4O2. The van der Waals surface area contributed by atoms with Crippen LogP contribution in [-0.2, 0) is 20.6 Å². The Bertz CT molecular complexity index is 873. The summed E-state index contributed by atoms with van der Waals surface area (Å²) in [4.78, 5) is 29.5. The van der Waals surface area contributed by atoms with E-state index in [4.69, 9.17) is 6.42 Å². The fourth-order valence-electron chi connectivity index (χ4n) is 3.42. The van der Waals surface area contributed by atoms with Crippen LogP contribution in [0.3, 0.4) is 0 Å². The van der Waals surface area contributed by atoms with E-state index in [1.54, 1.807) is 7.05 Å². The molecule has 6 heteroatoms. The molecule has 3 rings (SSSR count). The van der Waals surface area contributed by atoms with Gasteiger partial charge in [0.15, 0.2) is 11.2 Å². The highest BCUT2D eigenvalue weighted by molar-refractivity contribution is 5.71. The van der Waals surface area contributed by atoms with Crippen molar-refractivity contribution in [1.82, 2.24) is 18.7 Å². The van der Waals surface area contributed by atoms with Crippen LogP contribution in [0.15, 0.2) is 9.59 Å². The Labute approximate surface area is 128 Å². The second-order valence-electron chi connectivity index (χ2n) is 5.97. The van der Waals surface area contributed by atoms with Crippen LogP contribution in [0.4, 0.5) is 0 Å². The predicted octanol–water partition coefficient (Wildman–Crippen LogP) is 1.11. The van der Waals surface area contributed by atoms with Gasteiger partial charge in [-0.1, -0.05) is 25.2 Å². The van der Waals surface area contributed by atoms with Crippen LogP contribution in [0.1, 0.15) is 43.8 Å². The summed E-state index contributed by atoms with van der Waals surface area (Å²) in [7, 11) is 3.49. The molecule has 0 aliphatic heterocycles. The lowest BCUT2D eigenvalue weighted by molar-refractivity contribution is 0.422. The van der Waals surface area contributed by atoms with Crippen molar-refractivity contribution < 1.29 is 0 Å². The van der Waals surface area contributed by atoms with Crippen LogP contribution in [0, 0.1) is 12.3 Å². The highest BCUT2D eigenvalue weighted by Gasteiger charge is 2.24. The number of fused-ring (bicyclic) bond motifs is 1. The molecule has 0 aromatic carbocycles. The number of aromatic nitrogens is 4. The third kappa shape index (κ3) is 2.08. The Morgan fingerprint density at radius 2 is 1.86 bits per heavy atom. The normalized spacial score (nSPS) is 16.0. The molecule has 0 unspecified atom stereocenters. The molecule has 0 spiro atoms. The zero-order valence-corrected chi connectivity index (χ0v) is 13.0. The van der Waals surface area contributed by atoms with Crippen molar-refractivity contribution in [2.75, 3.05) is 0 Å². The third-order valence-corrected chi connectivity index (χ3v) is 4.61. The molecule has 0 saturated heterocycles. The predicted molar refractivity (Wildman–Crippen MR) is 84.9 cm³/mol. The summed E-state index contributed by atoms with van der Waals surface area (Å²) in [6.07, 6.45) is 11.1. The molecule has 0 atom stereocenters. The van der Waals surface area contributed by atoms with Crippen molar-refractivity contribution in [3.05, 3.63) is 26.7 Å². The maximum absolute atomic E-state index is 12.6. The summed E-state index contributed by atoms with van der Waals surface area (Å²) >= 11 is 0. The summed E-state index contributed by atoms with van der Waals surface area (Å²) in [5, 5.41) is 0. The second kappa shape index (κ2) is 5.48. The Kier molecular flexibility index (Phi) is 3.65. The molecule has 116 valence electrons. The Morgan fingerprint density at radius 1 is 1.18 bits per heavy atom. The largest absolute Gasteiger partial charge is 0.333 e. The molecule has 2 aromatic rings. The van der Waals surface area contributed by atoms with Gasteiger partial charge in [0.25, 0.3) is 5.56 Å². The minimum atomic E-state index is -0.413. The van der Waals surface area contributed by atoms with Gasteiger partial charge < -0.3 is 4.57 Å². The minimum Gasteiger partial charge on any atom is -0.325 e. The number of nitrogens with zero attached hydrogens (tertiary/aromatic N) is 4. The van der Waals surface area contributed by atoms with Gasteiger partial charge in [0.05, 0.1) is 6.54 Å². The number of terminal acetylenes is 1. The fraction of sp³-hybridized carbons (Fsp3) is 0.562. The SMILES string of the molecule is C#CCn1c(=O)c2c(nc(C3CCCCC3)n2C)n(C)c1=O. The van der Waals surface area contributed by atoms with E-state index < -0.39 is 5.69 Å². The lowest BCUT2D eigenvalue weighted by atomic mass is 9.89. The van der Waals surface area contributed by atoms with Crippen LogP contribution in [0.5, 0.6) is 0 Å². The Hall–Kier alpha value is -2.29. The summed E-state index contributed by atoms with van der Waals surface area (Å²) in [5.41, 5.74) is 0.140. The lowest BCUT2D eigenvalue weighted by Crippen LogP contribution is -2.39. The Morgan fingerprint density at radius 3 is 2.50 bits per heavy atom. The summed E-state index contributed by atoms with van der Waals surface area (Å²) < 4.78 is 4.36. The minimum absolute atomic E-state index is 0.0224. The van der Waals surface area contributed by atoms with Crippen LogP contribution >= 0.6 is 0 Å². The highest BCUT2D eigenvalue weighted by Crippen LogP contribution is 2.32. The first-order chi connectivity index (χ1) is 10.6. The van der Waals surface area contributed by atoms with E-state index >= 15 is 0 Å². The van der Waals surface area contributed by atoms with Gasteiger partial charge in [0.1, 0.15) is 5.82 Å². The van der Waals surface area contributed by atoms with E-state index in [1.165, 1.54) is 23.8 Å². The highest BCUT2D eigenvalue weighted by atomic mass is 16.2. The molecule has 2 heterocycles. The molecule has 1 fully saturated rings. The van der Waals surface area contributed by atoms with Crippen LogP contribution < -0.4 is 11.2 Å². The van der Waals surface area contributed by atoms with Crippen LogP contribution in [0.2, 0.25) is 0 Å². The molecule has 1 aliphatic rings. The first kappa shape index (κ1) is 14.6. The van der Waals surface area contributed by atoms with Gasteiger partial charge in [-0.2, -0.15) is 0 Å². The summed E-state index contributed by atoms with van der Waals surface area (Å²) in [5.74, 6) is 3.63. The average molecular weight is 300 g/mol. The topological polar surface area (TPSA) is 61.8 Å².